The maximum Gasteiger partial charge on any atom is 0.414 e. The van der Waals surface area contributed by atoms with E-state index < -0.39 is 18.1 Å². The number of phenolic OH excluding ortho intramolecular Hbond substituents is 1. The van der Waals surface area contributed by atoms with Crippen molar-refractivity contribution in [2.45, 2.75) is 25.9 Å². The van der Waals surface area contributed by atoms with Gasteiger partial charge < -0.3 is 20.9 Å². The maximum atomic E-state index is 12.9. The predicted octanol–water partition coefficient (Wildman–Crippen LogP) is 6.35. The van der Waals surface area contributed by atoms with Gasteiger partial charge in [0.15, 0.2) is 0 Å². The zero-order valence-corrected chi connectivity index (χ0v) is 22.0. The first kappa shape index (κ1) is 27.9. The number of carbonyl (C=O) groups excluding carboxylic acids is 3. The molecule has 8 nitrogen and oxygen atoms in total. The van der Waals surface area contributed by atoms with Crippen molar-refractivity contribution in [3.05, 3.63) is 114 Å². The monoisotopic (exact) mass is 537 g/mol. The third-order valence-electron chi connectivity index (χ3n) is 6.52. The van der Waals surface area contributed by atoms with Gasteiger partial charge >= 0.3 is 6.09 Å². The van der Waals surface area contributed by atoms with E-state index in [1.165, 1.54) is 6.08 Å². The zero-order chi connectivity index (χ0) is 28.5. The molecule has 0 aliphatic heterocycles. The second-order valence-corrected chi connectivity index (χ2v) is 9.40. The minimum Gasteiger partial charge on any atom is -0.507 e. The molecule has 4 rings (SSSR count). The SMILES string of the molecule is C[C@@H](CC/C=C/C(=O)Nc1ccccc1N)[C@H](OC(=O)NC(=O)c1ccccc1)c1ccc(O)c2ccccc12. The van der Waals surface area contributed by atoms with E-state index in [4.69, 9.17) is 10.5 Å². The number of alkyl carbamates (subject to hydrolysis) is 1. The van der Waals surface area contributed by atoms with Crippen LogP contribution in [0.1, 0.15) is 41.8 Å². The number of amides is 3. The van der Waals surface area contributed by atoms with Gasteiger partial charge in [0.1, 0.15) is 11.9 Å². The van der Waals surface area contributed by atoms with Gasteiger partial charge in [-0.3, -0.25) is 14.9 Å². The van der Waals surface area contributed by atoms with Crippen LogP contribution in [0.2, 0.25) is 0 Å². The summed E-state index contributed by atoms with van der Waals surface area (Å²) in [7, 11) is 0. The van der Waals surface area contributed by atoms with Crippen LogP contribution in [0.5, 0.6) is 5.75 Å². The quantitative estimate of drug-likeness (QED) is 0.145. The molecule has 3 amide bonds. The van der Waals surface area contributed by atoms with Gasteiger partial charge in [0.2, 0.25) is 5.91 Å². The lowest BCUT2D eigenvalue weighted by molar-refractivity contribution is -0.111. The Labute approximate surface area is 232 Å². The van der Waals surface area contributed by atoms with Crippen LogP contribution in [0, 0.1) is 5.92 Å². The average Bonchev–Trinajstić information content (AvgIpc) is 2.96. The average molecular weight is 538 g/mol. The van der Waals surface area contributed by atoms with Gasteiger partial charge in [-0.15, -0.1) is 0 Å². The number of allylic oxidation sites excluding steroid dienone is 1. The molecule has 0 bridgehead atoms. The topological polar surface area (TPSA) is 131 Å². The summed E-state index contributed by atoms with van der Waals surface area (Å²) in [5, 5.41) is 16.8. The van der Waals surface area contributed by atoms with Crippen LogP contribution < -0.4 is 16.4 Å². The summed E-state index contributed by atoms with van der Waals surface area (Å²) in [4.78, 5) is 37.7. The second-order valence-electron chi connectivity index (χ2n) is 9.40. The molecule has 0 radical (unpaired) electrons. The van der Waals surface area contributed by atoms with E-state index in [2.05, 4.69) is 10.6 Å². The van der Waals surface area contributed by atoms with Crippen LogP contribution in [0.15, 0.2) is 103 Å². The fourth-order valence-corrected chi connectivity index (χ4v) is 4.43. The first-order valence-electron chi connectivity index (χ1n) is 12.9. The number of aromatic hydroxyl groups is 1. The van der Waals surface area contributed by atoms with E-state index in [0.29, 0.717) is 40.7 Å². The first-order chi connectivity index (χ1) is 19.3. The molecular weight excluding hydrogens is 506 g/mol. The van der Waals surface area contributed by atoms with Crippen molar-refractivity contribution >= 4 is 40.1 Å². The Hall–Kier alpha value is -5.11. The molecule has 5 N–H and O–H groups in total. The minimum atomic E-state index is -0.877. The highest BCUT2D eigenvalue weighted by Gasteiger charge is 2.26. The Morgan fingerprint density at radius 1 is 0.900 bits per heavy atom. The molecule has 2 atom stereocenters. The fourth-order valence-electron chi connectivity index (χ4n) is 4.43. The van der Waals surface area contributed by atoms with Crippen molar-refractivity contribution in [3.63, 3.8) is 0 Å². The molecule has 0 saturated carbocycles. The Kier molecular flexibility index (Phi) is 9.15. The van der Waals surface area contributed by atoms with E-state index in [1.807, 2.05) is 25.1 Å². The number of rotatable bonds is 9. The molecule has 40 heavy (non-hydrogen) atoms. The lowest BCUT2D eigenvalue weighted by Crippen LogP contribution is -2.33. The molecule has 0 saturated heterocycles. The summed E-state index contributed by atoms with van der Waals surface area (Å²) in [5.41, 5.74) is 7.92. The van der Waals surface area contributed by atoms with E-state index >= 15 is 0 Å². The number of hydrogen-bond donors (Lipinski definition) is 4. The second kappa shape index (κ2) is 13.1. The van der Waals surface area contributed by atoms with Gasteiger partial charge in [0.05, 0.1) is 11.4 Å². The van der Waals surface area contributed by atoms with E-state index in [1.54, 1.807) is 78.9 Å². The molecule has 0 aliphatic rings. The number of nitrogens with one attached hydrogen (secondary N) is 2. The third kappa shape index (κ3) is 7.05. The summed E-state index contributed by atoms with van der Waals surface area (Å²) in [6.45, 7) is 1.93. The molecular formula is C32H31N3O5. The first-order valence-corrected chi connectivity index (χ1v) is 12.9. The van der Waals surface area contributed by atoms with Gasteiger partial charge in [0, 0.05) is 16.5 Å². The highest BCUT2D eigenvalue weighted by molar-refractivity contribution is 6.03. The van der Waals surface area contributed by atoms with Crippen molar-refractivity contribution in [2.24, 2.45) is 5.92 Å². The van der Waals surface area contributed by atoms with E-state index in [9.17, 15) is 19.5 Å². The van der Waals surface area contributed by atoms with Gasteiger partial charge in [0.25, 0.3) is 5.91 Å². The lowest BCUT2D eigenvalue weighted by atomic mass is 9.89. The van der Waals surface area contributed by atoms with Crippen LogP contribution in [0.4, 0.5) is 16.2 Å². The van der Waals surface area contributed by atoms with Crippen LogP contribution in [-0.4, -0.2) is 23.0 Å². The molecule has 4 aromatic rings. The van der Waals surface area contributed by atoms with Gasteiger partial charge in [-0.25, -0.2) is 4.79 Å². The highest BCUT2D eigenvalue weighted by atomic mass is 16.6. The van der Waals surface area contributed by atoms with Crippen LogP contribution in [0.3, 0.4) is 0 Å². The lowest BCUT2D eigenvalue weighted by Gasteiger charge is -2.26. The Morgan fingerprint density at radius 3 is 2.33 bits per heavy atom. The number of para-hydroxylation sites is 2. The molecule has 204 valence electrons. The highest BCUT2D eigenvalue weighted by Crippen LogP contribution is 2.37. The van der Waals surface area contributed by atoms with Gasteiger partial charge in [-0.1, -0.05) is 73.7 Å². The number of benzene rings is 4. The molecule has 4 aromatic carbocycles. The number of nitrogens with two attached hydrogens (primary N) is 1. The normalized spacial score (nSPS) is 12.5. The summed E-state index contributed by atoms with van der Waals surface area (Å²) < 4.78 is 5.84. The third-order valence-corrected chi connectivity index (χ3v) is 6.52. The number of imide groups is 1. The molecule has 8 heteroatoms. The zero-order valence-electron chi connectivity index (χ0n) is 22.0. The fraction of sp³-hybridized carbons (Fsp3) is 0.156. The Morgan fingerprint density at radius 2 is 1.57 bits per heavy atom. The minimum absolute atomic E-state index is 0.113. The number of anilines is 2. The van der Waals surface area contributed by atoms with Gasteiger partial charge in [-0.05, 0) is 60.6 Å². The van der Waals surface area contributed by atoms with Crippen LogP contribution in [-0.2, 0) is 9.53 Å². The standard InChI is InChI=1S/C32H31N3O5/c1-21(11-5-10-18-29(37)34-27-17-9-8-16-26(27)33)30(25-19-20-28(36)24-15-7-6-14-23(24)25)40-32(39)35-31(38)22-12-3-2-4-13-22/h2-4,6-10,12-21,30,36H,5,11,33H2,1H3,(H,34,37)(H,35,38,39)/b18-10+/t21-,30-/m0/s1. The molecule has 0 spiro atoms. The van der Waals surface area contributed by atoms with E-state index in [0.717, 1.165) is 5.39 Å². The number of ether oxygens (including phenoxy) is 1. The van der Waals surface area contributed by atoms with Crippen molar-refractivity contribution in [2.75, 3.05) is 11.1 Å². The largest absolute Gasteiger partial charge is 0.507 e. The molecule has 0 aliphatic carbocycles. The van der Waals surface area contributed by atoms with Crippen molar-refractivity contribution in [3.8, 4) is 5.75 Å². The predicted molar refractivity (Wildman–Crippen MR) is 156 cm³/mol. The van der Waals surface area contributed by atoms with Crippen molar-refractivity contribution < 1.29 is 24.2 Å². The number of hydrogen-bond acceptors (Lipinski definition) is 6. The summed E-state index contributed by atoms with van der Waals surface area (Å²) in [5.74, 6) is -0.965. The van der Waals surface area contributed by atoms with Gasteiger partial charge in [-0.2, -0.15) is 0 Å². The molecule has 0 fully saturated rings. The van der Waals surface area contributed by atoms with Crippen LogP contribution in [0.25, 0.3) is 10.8 Å². The molecule has 0 heterocycles. The van der Waals surface area contributed by atoms with E-state index in [-0.39, 0.29) is 17.6 Å². The van der Waals surface area contributed by atoms with Crippen LogP contribution >= 0.6 is 0 Å². The van der Waals surface area contributed by atoms with Crippen molar-refractivity contribution in [1.82, 2.24) is 5.32 Å². The number of nitrogen functional groups attached to an aromatic ring is 1. The maximum absolute atomic E-state index is 12.9. The van der Waals surface area contributed by atoms with Crippen molar-refractivity contribution in [1.29, 1.82) is 0 Å². The molecule has 0 aromatic heterocycles. The Bertz CT molecular complexity index is 1530. The summed E-state index contributed by atoms with van der Waals surface area (Å²) >= 11 is 0. The smallest absolute Gasteiger partial charge is 0.414 e. The Balaban J connectivity index is 1.48. The number of fused-ring (bicyclic) bond motifs is 1. The number of carbonyl (C=O) groups is 3. The summed E-state index contributed by atoms with van der Waals surface area (Å²) in [6.07, 6.45) is 2.67. The molecule has 0 unspecified atom stereocenters. The summed E-state index contributed by atoms with van der Waals surface area (Å²) in [6, 6.07) is 26.0. The number of phenols is 1.